The lowest BCUT2D eigenvalue weighted by Crippen LogP contribution is -2.28. The van der Waals surface area contributed by atoms with Crippen LogP contribution in [0.2, 0.25) is 0 Å². The van der Waals surface area contributed by atoms with Crippen molar-refractivity contribution in [1.82, 2.24) is 5.32 Å². The molecule has 0 saturated carbocycles. The summed E-state index contributed by atoms with van der Waals surface area (Å²) in [4.78, 5) is 0. The van der Waals surface area contributed by atoms with Crippen LogP contribution in [-0.2, 0) is 6.54 Å². The highest BCUT2D eigenvalue weighted by Gasteiger charge is 2.06. The van der Waals surface area contributed by atoms with E-state index in [-0.39, 0.29) is 16.9 Å². The predicted octanol–water partition coefficient (Wildman–Crippen LogP) is 4.24. The monoisotopic (exact) mass is 336 g/mol. The number of nitrogens with one attached hydrogen (secondary N) is 2. The van der Waals surface area contributed by atoms with Gasteiger partial charge in [-0.1, -0.05) is 12.1 Å². The fourth-order valence-electron chi connectivity index (χ4n) is 1.94. The quantitative estimate of drug-likeness (QED) is 0.800. The van der Waals surface area contributed by atoms with Gasteiger partial charge in [-0.3, -0.25) is 0 Å². The Morgan fingerprint density at radius 3 is 2.65 bits per heavy atom. The Morgan fingerprint density at radius 1 is 1.17 bits per heavy atom. The summed E-state index contributed by atoms with van der Waals surface area (Å²) >= 11 is 5.12. The summed E-state index contributed by atoms with van der Waals surface area (Å²) in [5.74, 6) is -0.543. The van der Waals surface area contributed by atoms with Crippen LogP contribution in [0, 0.1) is 11.6 Å². The van der Waals surface area contributed by atoms with Crippen molar-refractivity contribution in [2.24, 2.45) is 0 Å². The van der Waals surface area contributed by atoms with Gasteiger partial charge in [-0.05, 0) is 55.9 Å². The first-order valence-corrected chi connectivity index (χ1v) is 7.60. The third-order valence-electron chi connectivity index (χ3n) is 2.90. The van der Waals surface area contributed by atoms with Crippen molar-refractivity contribution in [3.63, 3.8) is 0 Å². The van der Waals surface area contributed by atoms with Crippen LogP contribution in [-0.4, -0.2) is 11.2 Å². The molecule has 0 aliphatic carbocycles. The third kappa shape index (κ3) is 5.49. The normalized spacial score (nSPS) is 10.5. The van der Waals surface area contributed by atoms with Crippen molar-refractivity contribution in [2.75, 3.05) is 5.32 Å². The summed E-state index contributed by atoms with van der Waals surface area (Å²) in [6.07, 6.45) is 0.0994. The summed E-state index contributed by atoms with van der Waals surface area (Å²) in [5.41, 5.74) is 1.10. The summed E-state index contributed by atoms with van der Waals surface area (Å²) in [7, 11) is 0. The van der Waals surface area contributed by atoms with Crippen LogP contribution in [0.1, 0.15) is 19.4 Å². The Hall–Kier alpha value is -2.21. The molecule has 0 spiro atoms. The Balaban J connectivity index is 1.91. The van der Waals surface area contributed by atoms with Crippen LogP contribution < -0.4 is 15.4 Å². The maximum Gasteiger partial charge on any atom is 0.171 e. The average molecular weight is 336 g/mol. The van der Waals surface area contributed by atoms with Crippen molar-refractivity contribution in [3.05, 3.63) is 59.7 Å². The number of hydrogen-bond acceptors (Lipinski definition) is 2. The van der Waals surface area contributed by atoms with Crippen LogP contribution in [0.15, 0.2) is 42.5 Å². The second kappa shape index (κ2) is 7.87. The van der Waals surface area contributed by atoms with Gasteiger partial charge in [0.15, 0.2) is 5.11 Å². The maximum atomic E-state index is 13.5. The van der Waals surface area contributed by atoms with E-state index in [1.807, 2.05) is 38.1 Å². The highest BCUT2D eigenvalue weighted by atomic mass is 32.1. The molecular formula is C17H18F2N2OS. The van der Waals surface area contributed by atoms with Gasteiger partial charge in [-0.15, -0.1) is 0 Å². The standard InChI is InChI=1S/C17H18F2N2OS/c1-11(2)22-14-5-3-4-12(8-14)10-20-17(23)21-16-7-6-13(18)9-15(16)19/h3-9,11H,10H2,1-2H3,(H2,20,21,23). The smallest absolute Gasteiger partial charge is 0.171 e. The molecule has 0 saturated heterocycles. The first-order chi connectivity index (χ1) is 10.9. The van der Waals surface area contributed by atoms with Gasteiger partial charge in [-0.25, -0.2) is 8.78 Å². The van der Waals surface area contributed by atoms with E-state index < -0.39 is 11.6 Å². The highest BCUT2D eigenvalue weighted by Crippen LogP contribution is 2.16. The van der Waals surface area contributed by atoms with Gasteiger partial charge >= 0.3 is 0 Å². The van der Waals surface area contributed by atoms with Gasteiger partial charge in [0, 0.05) is 12.6 Å². The van der Waals surface area contributed by atoms with E-state index in [9.17, 15) is 8.78 Å². The molecule has 0 bridgehead atoms. The summed E-state index contributed by atoms with van der Waals surface area (Å²) in [6.45, 7) is 4.38. The predicted molar refractivity (Wildman–Crippen MR) is 91.6 cm³/mol. The van der Waals surface area contributed by atoms with Gasteiger partial charge in [-0.2, -0.15) is 0 Å². The van der Waals surface area contributed by atoms with Crippen molar-refractivity contribution < 1.29 is 13.5 Å². The van der Waals surface area contributed by atoms with Crippen molar-refractivity contribution >= 4 is 23.0 Å². The summed E-state index contributed by atoms with van der Waals surface area (Å²) in [5, 5.41) is 5.93. The van der Waals surface area contributed by atoms with Crippen LogP contribution >= 0.6 is 12.2 Å². The second-order valence-corrected chi connectivity index (χ2v) is 5.65. The van der Waals surface area contributed by atoms with E-state index in [2.05, 4.69) is 10.6 Å². The lowest BCUT2D eigenvalue weighted by atomic mass is 10.2. The molecule has 0 unspecified atom stereocenters. The van der Waals surface area contributed by atoms with Crippen LogP contribution in [0.3, 0.4) is 0 Å². The number of benzene rings is 2. The SMILES string of the molecule is CC(C)Oc1cccc(CNC(=S)Nc2ccc(F)cc2F)c1. The van der Waals surface area contributed by atoms with Crippen LogP contribution in [0.25, 0.3) is 0 Å². The molecule has 3 nitrogen and oxygen atoms in total. The molecule has 0 atom stereocenters. The largest absolute Gasteiger partial charge is 0.491 e. The first kappa shape index (κ1) is 17.1. The Labute approximate surface area is 139 Å². The van der Waals surface area contributed by atoms with Crippen LogP contribution in [0.4, 0.5) is 14.5 Å². The molecule has 2 aromatic carbocycles. The fraction of sp³-hybridized carbons (Fsp3) is 0.235. The van der Waals surface area contributed by atoms with E-state index in [0.717, 1.165) is 17.4 Å². The van der Waals surface area contributed by atoms with Crippen LogP contribution in [0.5, 0.6) is 5.75 Å². The number of hydrogen-bond donors (Lipinski definition) is 2. The molecule has 0 aliphatic heterocycles. The molecule has 122 valence electrons. The Kier molecular flexibility index (Phi) is 5.87. The van der Waals surface area contributed by atoms with Gasteiger partial charge in [0.1, 0.15) is 17.4 Å². The number of anilines is 1. The van der Waals surface area contributed by atoms with E-state index in [4.69, 9.17) is 17.0 Å². The molecule has 0 aromatic heterocycles. The van der Waals surface area contributed by atoms with E-state index in [1.165, 1.54) is 12.1 Å². The third-order valence-corrected chi connectivity index (χ3v) is 3.15. The van der Waals surface area contributed by atoms with E-state index in [0.29, 0.717) is 6.54 Å². The molecule has 0 amide bonds. The average Bonchev–Trinajstić information content (AvgIpc) is 2.48. The van der Waals surface area contributed by atoms with Crippen molar-refractivity contribution in [3.8, 4) is 5.75 Å². The molecule has 0 aliphatic rings. The topological polar surface area (TPSA) is 33.3 Å². The molecule has 2 aromatic rings. The first-order valence-electron chi connectivity index (χ1n) is 7.19. The number of thiocarbonyl (C=S) groups is 1. The summed E-state index contributed by atoms with van der Waals surface area (Å²) < 4.78 is 32.0. The van der Waals surface area contributed by atoms with Gasteiger partial charge in [0.2, 0.25) is 0 Å². The zero-order chi connectivity index (χ0) is 16.8. The number of ether oxygens (including phenoxy) is 1. The van der Waals surface area contributed by atoms with E-state index >= 15 is 0 Å². The molecule has 6 heteroatoms. The molecule has 23 heavy (non-hydrogen) atoms. The van der Waals surface area contributed by atoms with Crippen molar-refractivity contribution in [2.45, 2.75) is 26.5 Å². The lowest BCUT2D eigenvalue weighted by molar-refractivity contribution is 0.242. The van der Waals surface area contributed by atoms with E-state index in [1.54, 1.807) is 0 Å². The van der Waals surface area contributed by atoms with Gasteiger partial charge in [0.25, 0.3) is 0 Å². The van der Waals surface area contributed by atoms with Crippen molar-refractivity contribution in [1.29, 1.82) is 0 Å². The Morgan fingerprint density at radius 2 is 1.96 bits per heavy atom. The number of halogens is 2. The molecular weight excluding hydrogens is 318 g/mol. The van der Waals surface area contributed by atoms with Gasteiger partial charge in [0.05, 0.1) is 11.8 Å². The zero-order valence-electron chi connectivity index (χ0n) is 12.9. The molecule has 2 N–H and O–H groups in total. The minimum Gasteiger partial charge on any atom is -0.491 e. The zero-order valence-corrected chi connectivity index (χ0v) is 13.7. The summed E-state index contributed by atoms with van der Waals surface area (Å²) in [6, 6.07) is 10.9. The highest BCUT2D eigenvalue weighted by molar-refractivity contribution is 7.80. The molecule has 2 rings (SSSR count). The number of rotatable bonds is 5. The maximum absolute atomic E-state index is 13.5. The molecule has 0 fully saturated rings. The minimum atomic E-state index is -0.693. The van der Waals surface area contributed by atoms with Gasteiger partial charge < -0.3 is 15.4 Å². The lowest BCUT2D eigenvalue weighted by Gasteiger charge is -2.13. The minimum absolute atomic E-state index is 0.0994. The fourth-order valence-corrected chi connectivity index (χ4v) is 2.12. The molecule has 0 heterocycles. The Bertz CT molecular complexity index is 692. The second-order valence-electron chi connectivity index (χ2n) is 5.25. The molecule has 0 radical (unpaired) electrons.